The Kier molecular flexibility index (Phi) is 11.7. The summed E-state index contributed by atoms with van der Waals surface area (Å²) in [5.41, 5.74) is 0.0359. The molecule has 3 rings (SSSR count). The molecule has 0 aromatic heterocycles. The lowest BCUT2D eigenvalue weighted by molar-refractivity contribution is 0.0417. The predicted octanol–water partition coefficient (Wildman–Crippen LogP) is 5.51. The molecule has 0 aliphatic carbocycles. The molecule has 0 radical (unpaired) electrons. The molecule has 0 fully saturated rings. The zero-order valence-corrected chi connectivity index (χ0v) is 21.4. The maximum Gasteiger partial charge on any atom is 0.339 e. The van der Waals surface area contributed by atoms with Gasteiger partial charge in [0.2, 0.25) is 0 Å². The van der Waals surface area contributed by atoms with Crippen LogP contribution in [0.25, 0.3) is 0 Å². The molecule has 8 heteroatoms. The van der Waals surface area contributed by atoms with Gasteiger partial charge in [-0.15, -0.1) is 0 Å². The van der Waals surface area contributed by atoms with Gasteiger partial charge in [-0.25, -0.2) is 14.4 Å². The van der Waals surface area contributed by atoms with E-state index in [4.69, 9.17) is 23.7 Å². The van der Waals surface area contributed by atoms with Gasteiger partial charge >= 0.3 is 17.9 Å². The van der Waals surface area contributed by atoms with Gasteiger partial charge in [-0.3, -0.25) is 0 Å². The Bertz CT molecular complexity index is 1160. The normalized spacial score (nSPS) is 10.3. The van der Waals surface area contributed by atoms with Crippen molar-refractivity contribution in [2.24, 2.45) is 0 Å². The van der Waals surface area contributed by atoms with Crippen LogP contribution in [-0.2, 0) is 14.2 Å². The predicted molar refractivity (Wildman–Crippen MR) is 141 cm³/mol. The highest BCUT2D eigenvalue weighted by atomic mass is 16.6. The molecule has 3 aromatic carbocycles. The minimum atomic E-state index is -0.724. The molecule has 0 spiro atoms. The van der Waals surface area contributed by atoms with E-state index in [0.29, 0.717) is 17.9 Å². The number of para-hydroxylation sites is 2. The summed E-state index contributed by atoms with van der Waals surface area (Å²) in [6.45, 7) is 2.54. The third kappa shape index (κ3) is 9.28. The van der Waals surface area contributed by atoms with Crippen LogP contribution in [0.1, 0.15) is 57.3 Å². The van der Waals surface area contributed by atoms with Gasteiger partial charge in [0, 0.05) is 0 Å². The molecule has 0 unspecified atom stereocenters. The number of benzene rings is 3. The first-order valence-corrected chi connectivity index (χ1v) is 12.6. The first kappa shape index (κ1) is 28.2. The van der Waals surface area contributed by atoms with Crippen LogP contribution in [0.3, 0.4) is 0 Å². The fourth-order valence-electron chi connectivity index (χ4n) is 3.40. The maximum absolute atomic E-state index is 12.8. The summed E-state index contributed by atoms with van der Waals surface area (Å²) in [5.74, 6) is -0.780. The summed E-state index contributed by atoms with van der Waals surface area (Å²) < 4.78 is 27.0. The molecule has 3 aromatic rings. The number of ether oxygens (including phenoxy) is 5. The average Bonchev–Trinajstić information content (AvgIpc) is 2.96. The van der Waals surface area contributed by atoms with Crippen molar-refractivity contribution < 1.29 is 38.1 Å². The summed E-state index contributed by atoms with van der Waals surface area (Å²) >= 11 is 0. The molecule has 0 aliphatic rings. The molecular formula is C30H32O8. The Morgan fingerprint density at radius 1 is 0.553 bits per heavy atom. The molecule has 0 aliphatic heterocycles. The van der Waals surface area contributed by atoms with Gasteiger partial charge < -0.3 is 23.7 Å². The fraction of sp³-hybridized carbons (Fsp3) is 0.300. The van der Waals surface area contributed by atoms with Crippen molar-refractivity contribution in [3.05, 3.63) is 95.6 Å². The minimum absolute atomic E-state index is 0.00540. The van der Waals surface area contributed by atoms with Crippen LogP contribution >= 0.6 is 0 Å². The van der Waals surface area contributed by atoms with E-state index in [-0.39, 0.29) is 49.7 Å². The van der Waals surface area contributed by atoms with Crippen molar-refractivity contribution in [1.29, 1.82) is 0 Å². The van der Waals surface area contributed by atoms with Gasteiger partial charge in [-0.05, 0) is 48.9 Å². The van der Waals surface area contributed by atoms with E-state index < -0.39 is 17.9 Å². The minimum Gasteiger partial charge on any atom is -0.490 e. The third-order valence-corrected chi connectivity index (χ3v) is 5.33. The van der Waals surface area contributed by atoms with Gasteiger partial charge in [0.05, 0.1) is 23.3 Å². The lowest BCUT2D eigenvalue weighted by atomic mass is 10.0. The standard InChI is InChI=1S/C30H32O8/c1-2-3-10-17-36-30(33)27-22-23(28(31)37-20-18-34-24-11-6-4-7-12-24)15-16-26(27)29(32)38-21-19-35-25-13-8-5-9-14-25/h4-9,11-16,22H,2-3,10,17-21H2,1H3. The van der Waals surface area contributed by atoms with E-state index in [9.17, 15) is 14.4 Å². The molecule has 38 heavy (non-hydrogen) atoms. The molecular weight excluding hydrogens is 488 g/mol. The van der Waals surface area contributed by atoms with Crippen molar-refractivity contribution in [3.63, 3.8) is 0 Å². The van der Waals surface area contributed by atoms with Gasteiger partial charge in [-0.2, -0.15) is 0 Å². The molecule has 0 saturated carbocycles. The third-order valence-electron chi connectivity index (χ3n) is 5.33. The highest BCUT2D eigenvalue weighted by Gasteiger charge is 2.22. The van der Waals surface area contributed by atoms with Crippen LogP contribution in [0.4, 0.5) is 0 Å². The molecule has 0 N–H and O–H groups in total. The zero-order chi connectivity index (χ0) is 27.0. The quantitative estimate of drug-likeness (QED) is 0.147. The molecule has 0 amide bonds. The molecule has 0 saturated heterocycles. The lowest BCUT2D eigenvalue weighted by Gasteiger charge is -2.12. The topological polar surface area (TPSA) is 97.4 Å². The second-order valence-electron chi connectivity index (χ2n) is 8.20. The van der Waals surface area contributed by atoms with E-state index in [0.717, 1.165) is 12.8 Å². The number of carbonyl (C=O) groups excluding carboxylic acids is 3. The van der Waals surface area contributed by atoms with Crippen molar-refractivity contribution in [2.45, 2.75) is 26.2 Å². The zero-order valence-electron chi connectivity index (χ0n) is 21.4. The highest BCUT2D eigenvalue weighted by molar-refractivity contribution is 6.05. The van der Waals surface area contributed by atoms with Crippen LogP contribution in [0.5, 0.6) is 11.5 Å². The highest BCUT2D eigenvalue weighted by Crippen LogP contribution is 2.17. The monoisotopic (exact) mass is 520 g/mol. The van der Waals surface area contributed by atoms with Gasteiger partial charge in [0.15, 0.2) is 0 Å². The van der Waals surface area contributed by atoms with Crippen molar-refractivity contribution >= 4 is 17.9 Å². The summed E-state index contributed by atoms with van der Waals surface area (Å²) in [6.07, 6.45) is 2.57. The van der Waals surface area contributed by atoms with Gasteiger partial charge in [0.25, 0.3) is 0 Å². The summed E-state index contributed by atoms with van der Waals surface area (Å²) in [6, 6.07) is 22.3. The number of rotatable bonds is 15. The largest absolute Gasteiger partial charge is 0.490 e. The van der Waals surface area contributed by atoms with E-state index in [2.05, 4.69) is 0 Å². The number of hydrogen-bond acceptors (Lipinski definition) is 8. The lowest BCUT2D eigenvalue weighted by Crippen LogP contribution is -2.19. The number of carbonyl (C=O) groups is 3. The van der Waals surface area contributed by atoms with Crippen molar-refractivity contribution in [3.8, 4) is 11.5 Å². The molecule has 0 atom stereocenters. The number of hydrogen-bond donors (Lipinski definition) is 0. The number of esters is 3. The van der Waals surface area contributed by atoms with E-state index >= 15 is 0 Å². The Morgan fingerprint density at radius 3 is 1.66 bits per heavy atom. The smallest absolute Gasteiger partial charge is 0.339 e. The van der Waals surface area contributed by atoms with Crippen LogP contribution in [-0.4, -0.2) is 50.9 Å². The maximum atomic E-state index is 12.8. The van der Waals surface area contributed by atoms with Crippen LogP contribution in [0.2, 0.25) is 0 Å². The summed E-state index contributed by atoms with van der Waals surface area (Å²) in [5, 5.41) is 0. The van der Waals surface area contributed by atoms with E-state index in [1.165, 1.54) is 18.2 Å². The van der Waals surface area contributed by atoms with Gasteiger partial charge in [0.1, 0.15) is 37.9 Å². The second kappa shape index (κ2) is 15.7. The Balaban J connectivity index is 1.61. The first-order valence-electron chi connectivity index (χ1n) is 12.6. The van der Waals surface area contributed by atoms with E-state index in [1.54, 1.807) is 24.3 Å². The number of unbranched alkanes of at least 4 members (excludes halogenated alkanes) is 2. The summed E-state index contributed by atoms with van der Waals surface area (Å²) in [7, 11) is 0. The molecule has 0 heterocycles. The van der Waals surface area contributed by atoms with E-state index in [1.807, 2.05) is 43.3 Å². The van der Waals surface area contributed by atoms with Gasteiger partial charge in [-0.1, -0.05) is 56.2 Å². The Morgan fingerprint density at radius 2 is 1.08 bits per heavy atom. The molecule has 200 valence electrons. The fourth-order valence-corrected chi connectivity index (χ4v) is 3.40. The Labute approximate surface area is 222 Å². The van der Waals surface area contributed by atoms with Crippen LogP contribution in [0.15, 0.2) is 78.9 Å². The molecule has 0 bridgehead atoms. The molecule has 8 nitrogen and oxygen atoms in total. The second-order valence-corrected chi connectivity index (χ2v) is 8.20. The summed E-state index contributed by atoms with van der Waals surface area (Å²) in [4.78, 5) is 38.2. The SMILES string of the molecule is CCCCCOC(=O)c1cc(C(=O)OCCOc2ccccc2)ccc1C(=O)OCCOc1ccccc1. The van der Waals surface area contributed by atoms with Crippen molar-refractivity contribution in [2.75, 3.05) is 33.0 Å². The van der Waals surface area contributed by atoms with Crippen molar-refractivity contribution in [1.82, 2.24) is 0 Å². The average molecular weight is 521 g/mol. The first-order chi connectivity index (χ1) is 18.6. The van der Waals surface area contributed by atoms with Crippen LogP contribution in [0, 0.1) is 0 Å². The van der Waals surface area contributed by atoms with Crippen LogP contribution < -0.4 is 9.47 Å². The Hall–Kier alpha value is -4.33.